The van der Waals surface area contributed by atoms with Gasteiger partial charge in [0.15, 0.2) is 5.60 Å². The van der Waals surface area contributed by atoms with Crippen LogP contribution in [0.4, 0.5) is 4.39 Å². The third-order valence-electron chi connectivity index (χ3n) is 15.5. The van der Waals surface area contributed by atoms with Crippen molar-refractivity contribution in [2.45, 2.75) is 95.7 Å². The van der Waals surface area contributed by atoms with E-state index in [0.717, 1.165) is 24.1 Å². The molecule has 2 aromatic heterocycles. The lowest BCUT2D eigenvalue weighted by Gasteiger charge is -2.41. The smallest absolute Gasteiger partial charge is 0.343 e. The Hall–Kier alpha value is -8.75. The highest BCUT2D eigenvalue weighted by Gasteiger charge is 2.48. The number of carboxylic acids is 1. The molecular formula is C55H59FN10O15. The molecule has 1 fully saturated rings. The number of imide groups is 1. The van der Waals surface area contributed by atoms with Gasteiger partial charge < -0.3 is 61.5 Å². The van der Waals surface area contributed by atoms with Crippen LogP contribution in [0.2, 0.25) is 0 Å². The van der Waals surface area contributed by atoms with Crippen molar-refractivity contribution in [3.8, 4) is 11.4 Å². The summed E-state index contributed by atoms with van der Waals surface area (Å²) in [5, 5.41) is 38.9. The zero-order valence-electron chi connectivity index (χ0n) is 44.2. The summed E-state index contributed by atoms with van der Waals surface area (Å²) in [5.41, 5.74) is 1.00. The second kappa shape index (κ2) is 23.5. The van der Waals surface area contributed by atoms with Crippen LogP contribution in [0.3, 0.4) is 0 Å². The lowest BCUT2D eigenvalue weighted by molar-refractivity contribution is -0.172. The Bertz CT molecular complexity index is 3380. The van der Waals surface area contributed by atoms with E-state index in [1.54, 1.807) is 50.2 Å². The number of fused-ring (bicyclic) bond motifs is 5. The molecule has 2 aliphatic carbocycles. The van der Waals surface area contributed by atoms with E-state index in [1.807, 2.05) is 0 Å². The number of nitrogens with zero attached hydrogens (tertiary/aromatic N) is 3. The largest absolute Gasteiger partial charge is 0.480 e. The SMILES string of the molecule is CC[C@@]1(O)C(=O)OCc2c1cc1n(c2=O)Cc2c-1nc1cc(F)c(C)c3c1c2[C@H](NC(=O)C1(COCNC(=O)CNC(=O)[C@H](Cc2ccccc2)NC(=O)CNC(=O)CNC(=O)[C@@H](CNCC(=O)O)N2C(=O)C=CC2=O)CCC1)CC3. The minimum atomic E-state index is -2.06. The Labute approximate surface area is 460 Å². The fourth-order valence-electron chi connectivity index (χ4n) is 10.9. The molecule has 4 aromatic rings. The Kier molecular flexibility index (Phi) is 16.5. The summed E-state index contributed by atoms with van der Waals surface area (Å²) >= 11 is 0. The van der Waals surface area contributed by atoms with E-state index in [4.69, 9.17) is 19.6 Å². The summed E-state index contributed by atoms with van der Waals surface area (Å²) in [6.45, 7) is -0.285. The molecule has 0 radical (unpaired) electrons. The number of esters is 1. The molecule has 0 unspecified atom stereocenters. The average molecular weight is 1120 g/mol. The third-order valence-corrected chi connectivity index (χ3v) is 15.5. The summed E-state index contributed by atoms with van der Waals surface area (Å²) in [7, 11) is 0. The van der Waals surface area contributed by atoms with Gasteiger partial charge in [0.25, 0.3) is 17.4 Å². The second-order valence-corrected chi connectivity index (χ2v) is 20.5. The summed E-state index contributed by atoms with van der Waals surface area (Å²) in [4.78, 5) is 148. The number of halogens is 1. The zero-order valence-corrected chi connectivity index (χ0v) is 44.2. The number of aliphatic carboxylic acids is 1. The van der Waals surface area contributed by atoms with Crippen LogP contribution in [0.15, 0.2) is 59.4 Å². The molecule has 1 saturated carbocycles. The first-order valence-electron chi connectivity index (χ1n) is 26.3. The Morgan fingerprint density at radius 1 is 0.877 bits per heavy atom. The lowest BCUT2D eigenvalue weighted by Crippen LogP contribution is -2.56. The number of ether oxygens (including phenoxy) is 2. The number of nitrogens with one attached hydrogen (secondary N) is 7. The Morgan fingerprint density at radius 3 is 2.25 bits per heavy atom. The number of pyridine rings is 2. The number of hydrogen-bond donors (Lipinski definition) is 9. The van der Waals surface area contributed by atoms with E-state index in [-0.39, 0.29) is 56.4 Å². The zero-order chi connectivity index (χ0) is 57.9. The number of cyclic esters (lactones) is 1. The van der Waals surface area contributed by atoms with Crippen molar-refractivity contribution in [3.05, 3.63) is 110 Å². The first-order chi connectivity index (χ1) is 38.7. The van der Waals surface area contributed by atoms with Gasteiger partial charge in [-0.3, -0.25) is 52.8 Å². The Morgan fingerprint density at radius 2 is 1.57 bits per heavy atom. The average Bonchev–Trinajstić information content (AvgIpc) is 4.19. The van der Waals surface area contributed by atoms with Crippen LogP contribution in [0, 0.1) is 18.2 Å². The van der Waals surface area contributed by atoms with Gasteiger partial charge in [-0.15, -0.1) is 0 Å². The van der Waals surface area contributed by atoms with Crippen molar-refractivity contribution < 1.29 is 72.0 Å². The summed E-state index contributed by atoms with van der Waals surface area (Å²) < 4.78 is 28.2. The van der Waals surface area contributed by atoms with Crippen molar-refractivity contribution in [2.24, 2.45) is 5.41 Å². The van der Waals surface area contributed by atoms with E-state index in [0.29, 0.717) is 75.1 Å². The van der Waals surface area contributed by atoms with Crippen LogP contribution in [-0.2, 0) is 89.0 Å². The molecule has 9 N–H and O–H groups in total. The molecule has 5 aliphatic rings. The molecule has 8 amide bonds. The minimum absolute atomic E-state index is 0.0178. The van der Waals surface area contributed by atoms with Crippen molar-refractivity contribution in [1.82, 2.24) is 51.7 Å². The van der Waals surface area contributed by atoms with Crippen LogP contribution < -0.4 is 42.8 Å². The van der Waals surface area contributed by atoms with Gasteiger partial charge in [-0.1, -0.05) is 43.7 Å². The molecule has 9 rings (SSSR count). The number of aromatic nitrogens is 2. The van der Waals surface area contributed by atoms with E-state index >= 15 is 4.39 Å². The highest BCUT2D eigenvalue weighted by molar-refractivity contribution is 6.15. The highest BCUT2D eigenvalue weighted by atomic mass is 19.1. The number of hydrogen-bond acceptors (Lipinski definition) is 16. The van der Waals surface area contributed by atoms with Crippen molar-refractivity contribution in [3.63, 3.8) is 0 Å². The first-order valence-corrected chi connectivity index (χ1v) is 26.3. The lowest BCUT2D eigenvalue weighted by atomic mass is 9.68. The number of carbonyl (C=O) groups excluding carboxylic acids is 9. The van der Waals surface area contributed by atoms with E-state index < -0.39 is 127 Å². The van der Waals surface area contributed by atoms with Gasteiger partial charge in [-0.2, -0.15) is 0 Å². The van der Waals surface area contributed by atoms with Crippen LogP contribution in [0.5, 0.6) is 0 Å². The van der Waals surface area contributed by atoms with Crippen LogP contribution >= 0.6 is 0 Å². The predicted molar refractivity (Wildman–Crippen MR) is 280 cm³/mol. The molecule has 2 aromatic carbocycles. The van der Waals surface area contributed by atoms with E-state index in [9.17, 15) is 57.8 Å². The summed E-state index contributed by atoms with van der Waals surface area (Å²) in [5.74, 6) is -8.57. The van der Waals surface area contributed by atoms with Gasteiger partial charge in [-0.25, -0.2) is 14.2 Å². The van der Waals surface area contributed by atoms with Gasteiger partial charge in [0.2, 0.25) is 35.4 Å². The van der Waals surface area contributed by atoms with Gasteiger partial charge in [0, 0.05) is 47.7 Å². The maximum Gasteiger partial charge on any atom is 0.343 e. The maximum atomic E-state index is 15.5. The topological polar surface area (TPSA) is 352 Å². The number of amides is 8. The van der Waals surface area contributed by atoms with Crippen molar-refractivity contribution in [1.29, 1.82) is 0 Å². The minimum Gasteiger partial charge on any atom is -0.480 e. The normalized spacial score (nSPS) is 18.8. The van der Waals surface area contributed by atoms with E-state index in [1.165, 1.54) is 10.6 Å². The van der Waals surface area contributed by atoms with Gasteiger partial charge >= 0.3 is 11.9 Å². The molecular weight excluding hydrogens is 1060 g/mol. The fraction of sp³-hybridized carbons (Fsp3) is 0.418. The second-order valence-electron chi connectivity index (χ2n) is 20.5. The molecule has 25 nitrogen and oxygen atoms in total. The quantitative estimate of drug-likeness (QED) is 0.0163. The monoisotopic (exact) mass is 1120 g/mol. The number of carboxylic acid groups (broad SMARTS) is 1. The number of aliphatic hydroxyl groups is 1. The highest BCUT2D eigenvalue weighted by Crippen LogP contribution is 2.47. The maximum absolute atomic E-state index is 15.5. The predicted octanol–water partition coefficient (Wildman–Crippen LogP) is -1.06. The molecule has 26 heteroatoms. The van der Waals surface area contributed by atoms with Crippen molar-refractivity contribution in [2.75, 3.05) is 46.1 Å². The van der Waals surface area contributed by atoms with Crippen LogP contribution in [0.1, 0.15) is 84.0 Å². The summed E-state index contributed by atoms with van der Waals surface area (Å²) in [6, 6.07) is 8.20. The first kappa shape index (κ1) is 57.0. The molecule has 426 valence electrons. The molecule has 81 heavy (non-hydrogen) atoms. The van der Waals surface area contributed by atoms with Crippen LogP contribution in [0.25, 0.3) is 22.3 Å². The number of carbonyl (C=O) groups is 10. The molecule has 3 aliphatic heterocycles. The van der Waals surface area contributed by atoms with Gasteiger partial charge in [0.1, 0.15) is 31.2 Å². The Balaban J connectivity index is 0.786. The molecule has 4 atom stereocenters. The summed E-state index contributed by atoms with van der Waals surface area (Å²) in [6.07, 6.45) is 4.29. The van der Waals surface area contributed by atoms with Gasteiger partial charge in [-0.05, 0) is 67.3 Å². The van der Waals surface area contributed by atoms with Crippen molar-refractivity contribution >= 4 is 70.1 Å². The third kappa shape index (κ3) is 11.5. The molecule has 0 saturated heterocycles. The number of aryl methyl sites for hydroxylation is 1. The molecule has 0 spiro atoms. The number of benzene rings is 2. The number of rotatable bonds is 23. The standard InChI is InChI=1S/C55H59FN10O15/c1-3-55(79)33-17-38-48-31(24-65(38)51(76)32(33)25-81-53(55)78)47-35(11-10-30-28(2)34(56)18-36(63-48)46(30)47)64-52(77)54(14-7-15-54)26-80-27-61-41(68)21-59-49(74)37(16-29-8-5-4-6-9-29)62-42(69)22-58-40(67)20-60-50(75)39(19-57-23-45(72)73)66-43(70)12-13-44(66)71/h4-6,8-9,12-13,17-18,35,37,39,57,79H,3,7,10-11,14-16,19-27H2,1-2H3,(H,58,67)(H,59,74)(H,60,75)(H,61,68)(H,62,69)(H,64,77)(H,72,73)/t35-,37+,39-,55+/m1/s1. The van der Waals surface area contributed by atoms with Crippen LogP contribution in [-0.4, -0.2) is 142 Å². The van der Waals surface area contributed by atoms with Gasteiger partial charge in [0.05, 0.1) is 73.3 Å². The fourth-order valence-corrected chi connectivity index (χ4v) is 10.9. The van der Waals surface area contributed by atoms with E-state index in [2.05, 4.69) is 37.2 Å². The molecule has 0 bridgehead atoms. The molecule has 5 heterocycles.